The third kappa shape index (κ3) is 3.61. The highest BCUT2D eigenvalue weighted by Crippen LogP contribution is 2.30. The summed E-state index contributed by atoms with van der Waals surface area (Å²) < 4.78 is 0. The molecule has 1 atom stereocenters. The van der Waals surface area contributed by atoms with E-state index in [1.54, 1.807) is 11.3 Å². The maximum Gasteiger partial charge on any atom is 0.0491 e. The molecule has 0 spiro atoms. The maximum absolute atomic E-state index is 6.35. The molecule has 1 aromatic carbocycles. The Balaban J connectivity index is 2.28. The summed E-state index contributed by atoms with van der Waals surface area (Å²) >= 11 is 8.13. The standard InChI is InChI=1S/C16H21ClN2S/c1-12(2)19(11-13-6-5-9-20-13)16(10-18)14-7-3-4-8-15(14)17/h3-9,12,16H,10-11,18H2,1-2H3. The molecule has 1 unspecified atom stereocenters. The van der Waals surface area contributed by atoms with E-state index in [2.05, 4.69) is 42.3 Å². The van der Waals surface area contributed by atoms with Gasteiger partial charge in [-0.2, -0.15) is 0 Å². The van der Waals surface area contributed by atoms with Crippen LogP contribution in [-0.2, 0) is 6.54 Å². The van der Waals surface area contributed by atoms with Crippen LogP contribution >= 0.6 is 22.9 Å². The molecule has 0 aliphatic rings. The topological polar surface area (TPSA) is 29.3 Å². The number of thiophene rings is 1. The van der Waals surface area contributed by atoms with Crippen molar-refractivity contribution in [1.29, 1.82) is 0 Å². The predicted octanol–water partition coefficient (Wildman–Crippen LogP) is 4.31. The lowest BCUT2D eigenvalue weighted by Gasteiger charge is -2.34. The van der Waals surface area contributed by atoms with Gasteiger partial charge in [0.05, 0.1) is 0 Å². The Morgan fingerprint density at radius 3 is 2.50 bits per heavy atom. The van der Waals surface area contributed by atoms with Gasteiger partial charge in [-0.1, -0.05) is 35.9 Å². The van der Waals surface area contributed by atoms with Crippen LogP contribution in [0.3, 0.4) is 0 Å². The number of hydrogen-bond acceptors (Lipinski definition) is 3. The third-order valence-electron chi connectivity index (χ3n) is 3.47. The molecular formula is C16H21ClN2S. The van der Waals surface area contributed by atoms with E-state index in [9.17, 15) is 0 Å². The fourth-order valence-electron chi connectivity index (χ4n) is 2.42. The summed E-state index contributed by atoms with van der Waals surface area (Å²) in [6, 6.07) is 12.8. The lowest BCUT2D eigenvalue weighted by molar-refractivity contribution is 0.149. The molecular weight excluding hydrogens is 288 g/mol. The minimum atomic E-state index is 0.144. The van der Waals surface area contributed by atoms with E-state index < -0.39 is 0 Å². The molecule has 0 fully saturated rings. The molecule has 20 heavy (non-hydrogen) atoms. The van der Waals surface area contributed by atoms with Crippen LogP contribution < -0.4 is 5.73 Å². The van der Waals surface area contributed by atoms with E-state index in [1.165, 1.54) is 4.88 Å². The fraction of sp³-hybridized carbons (Fsp3) is 0.375. The van der Waals surface area contributed by atoms with Gasteiger partial charge in [-0.3, -0.25) is 4.90 Å². The van der Waals surface area contributed by atoms with Gasteiger partial charge in [0.1, 0.15) is 0 Å². The van der Waals surface area contributed by atoms with Gasteiger partial charge in [-0.25, -0.2) is 0 Å². The number of benzene rings is 1. The van der Waals surface area contributed by atoms with E-state index in [0.717, 1.165) is 17.1 Å². The Hall–Kier alpha value is -0.870. The molecule has 1 aromatic heterocycles. The molecule has 2 aromatic rings. The Morgan fingerprint density at radius 1 is 1.20 bits per heavy atom. The Labute approximate surface area is 130 Å². The van der Waals surface area contributed by atoms with Crippen molar-refractivity contribution in [1.82, 2.24) is 4.90 Å². The second kappa shape index (κ2) is 7.23. The largest absolute Gasteiger partial charge is 0.329 e. The van der Waals surface area contributed by atoms with Crippen molar-refractivity contribution in [3.63, 3.8) is 0 Å². The highest BCUT2D eigenvalue weighted by molar-refractivity contribution is 7.09. The average molecular weight is 309 g/mol. The van der Waals surface area contributed by atoms with Gasteiger partial charge in [-0.05, 0) is 36.9 Å². The molecule has 0 bridgehead atoms. The molecule has 0 saturated heterocycles. The summed E-state index contributed by atoms with van der Waals surface area (Å²) in [6.07, 6.45) is 0. The molecule has 0 amide bonds. The fourth-order valence-corrected chi connectivity index (χ4v) is 3.40. The highest BCUT2D eigenvalue weighted by atomic mass is 35.5. The van der Waals surface area contributed by atoms with Gasteiger partial charge in [-0.15, -0.1) is 11.3 Å². The zero-order chi connectivity index (χ0) is 14.5. The van der Waals surface area contributed by atoms with Crippen molar-refractivity contribution in [3.8, 4) is 0 Å². The number of rotatable bonds is 6. The molecule has 0 saturated carbocycles. The summed E-state index contributed by atoms with van der Waals surface area (Å²) in [6.45, 7) is 5.87. The molecule has 108 valence electrons. The average Bonchev–Trinajstić information content (AvgIpc) is 2.93. The monoisotopic (exact) mass is 308 g/mol. The molecule has 2 rings (SSSR count). The number of halogens is 1. The van der Waals surface area contributed by atoms with Gasteiger partial charge in [0.25, 0.3) is 0 Å². The van der Waals surface area contributed by atoms with E-state index >= 15 is 0 Å². The van der Waals surface area contributed by atoms with Gasteiger partial charge in [0, 0.05) is 35.1 Å². The van der Waals surface area contributed by atoms with Crippen molar-refractivity contribution in [2.24, 2.45) is 5.73 Å². The van der Waals surface area contributed by atoms with E-state index in [4.69, 9.17) is 17.3 Å². The SMILES string of the molecule is CC(C)N(Cc1cccs1)C(CN)c1ccccc1Cl. The molecule has 0 radical (unpaired) electrons. The smallest absolute Gasteiger partial charge is 0.0491 e. The highest BCUT2D eigenvalue weighted by Gasteiger charge is 2.23. The Kier molecular flexibility index (Phi) is 5.61. The molecule has 4 heteroatoms. The van der Waals surface area contributed by atoms with Crippen LogP contribution in [-0.4, -0.2) is 17.5 Å². The summed E-state index contributed by atoms with van der Waals surface area (Å²) in [5.74, 6) is 0. The molecule has 1 heterocycles. The first-order valence-corrected chi connectivity index (χ1v) is 8.12. The molecule has 0 aliphatic carbocycles. The van der Waals surface area contributed by atoms with Crippen LogP contribution in [0.15, 0.2) is 41.8 Å². The minimum absolute atomic E-state index is 0.144. The van der Waals surface area contributed by atoms with Crippen LogP contribution in [0.25, 0.3) is 0 Å². The number of hydrogen-bond donors (Lipinski definition) is 1. The lowest BCUT2D eigenvalue weighted by Crippen LogP contribution is -2.38. The first-order chi connectivity index (χ1) is 9.63. The predicted molar refractivity (Wildman–Crippen MR) is 88.2 cm³/mol. The van der Waals surface area contributed by atoms with Crippen LogP contribution in [0.1, 0.15) is 30.3 Å². The second-order valence-electron chi connectivity index (χ2n) is 5.12. The van der Waals surface area contributed by atoms with Gasteiger partial charge < -0.3 is 5.73 Å². The van der Waals surface area contributed by atoms with Gasteiger partial charge in [0.15, 0.2) is 0 Å². The minimum Gasteiger partial charge on any atom is -0.329 e. The zero-order valence-corrected chi connectivity index (χ0v) is 13.5. The Bertz CT molecular complexity index is 525. The summed E-state index contributed by atoms with van der Waals surface area (Å²) in [5.41, 5.74) is 7.16. The molecule has 2 nitrogen and oxygen atoms in total. The van der Waals surface area contributed by atoms with Crippen molar-refractivity contribution < 1.29 is 0 Å². The van der Waals surface area contributed by atoms with E-state index in [0.29, 0.717) is 12.6 Å². The molecule has 2 N–H and O–H groups in total. The summed E-state index contributed by atoms with van der Waals surface area (Å²) in [7, 11) is 0. The number of nitrogens with zero attached hydrogens (tertiary/aromatic N) is 1. The van der Waals surface area contributed by atoms with Crippen molar-refractivity contribution in [3.05, 3.63) is 57.2 Å². The van der Waals surface area contributed by atoms with Crippen molar-refractivity contribution in [2.75, 3.05) is 6.54 Å². The quantitative estimate of drug-likeness (QED) is 0.861. The van der Waals surface area contributed by atoms with Gasteiger partial charge >= 0.3 is 0 Å². The van der Waals surface area contributed by atoms with Crippen LogP contribution in [0.4, 0.5) is 0 Å². The zero-order valence-electron chi connectivity index (χ0n) is 11.9. The summed E-state index contributed by atoms with van der Waals surface area (Å²) in [4.78, 5) is 3.76. The Morgan fingerprint density at radius 2 is 1.95 bits per heavy atom. The number of nitrogens with two attached hydrogens (primary N) is 1. The summed E-state index contributed by atoms with van der Waals surface area (Å²) in [5, 5.41) is 2.90. The van der Waals surface area contributed by atoms with Gasteiger partial charge in [0.2, 0.25) is 0 Å². The van der Waals surface area contributed by atoms with Crippen LogP contribution in [0, 0.1) is 0 Å². The van der Waals surface area contributed by atoms with Crippen molar-refractivity contribution >= 4 is 22.9 Å². The lowest BCUT2D eigenvalue weighted by atomic mass is 10.0. The first-order valence-electron chi connectivity index (χ1n) is 6.86. The van der Waals surface area contributed by atoms with E-state index in [1.807, 2.05) is 18.2 Å². The van der Waals surface area contributed by atoms with Crippen LogP contribution in [0.5, 0.6) is 0 Å². The van der Waals surface area contributed by atoms with E-state index in [-0.39, 0.29) is 6.04 Å². The van der Waals surface area contributed by atoms with Crippen molar-refractivity contribution in [2.45, 2.75) is 32.5 Å². The normalized spacial score (nSPS) is 13.1. The molecule has 0 aliphatic heterocycles. The van der Waals surface area contributed by atoms with Crippen LogP contribution in [0.2, 0.25) is 5.02 Å². The first kappa shape index (κ1) is 15.5. The second-order valence-corrected chi connectivity index (χ2v) is 6.56. The third-order valence-corrected chi connectivity index (χ3v) is 4.67. The maximum atomic E-state index is 6.35.